The first-order chi connectivity index (χ1) is 9.07. The predicted octanol–water partition coefficient (Wildman–Crippen LogP) is 1.34. The maximum atomic E-state index is 12.5. The van der Waals surface area contributed by atoms with Crippen LogP contribution in [-0.2, 0) is 4.79 Å². The SMILES string of the molecule is CC1CN2CCCCC2CN1C(=O)CC1(N)CCC1. The van der Waals surface area contributed by atoms with Gasteiger partial charge in [0.1, 0.15) is 0 Å². The summed E-state index contributed by atoms with van der Waals surface area (Å²) in [4.78, 5) is 17.2. The quantitative estimate of drug-likeness (QED) is 0.820. The number of piperazine rings is 1. The molecule has 3 aliphatic rings. The van der Waals surface area contributed by atoms with E-state index < -0.39 is 0 Å². The second-order valence-corrected chi connectivity index (χ2v) is 6.93. The Kier molecular flexibility index (Phi) is 3.56. The molecule has 19 heavy (non-hydrogen) atoms. The first-order valence-electron chi connectivity index (χ1n) is 7.90. The number of nitrogens with zero attached hydrogens (tertiary/aromatic N) is 2. The van der Waals surface area contributed by atoms with E-state index in [-0.39, 0.29) is 5.54 Å². The molecule has 0 radical (unpaired) electrons. The molecular formula is C15H27N3O. The molecular weight excluding hydrogens is 238 g/mol. The second-order valence-electron chi connectivity index (χ2n) is 6.93. The van der Waals surface area contributed by atoms with Crippen LogP contribution in [0, 0.1) is 0 Å². The van der Waals surface area contributed by atoms with Gasteiger partial charge in [0.25, 0.3) is 0 Å². The van der Waals surface area contributed by atoms with E-state index in [1.807, 2.05) is 0 Å². The Bertz CT molecular complexity index is 353. The Morgan fingerprint density at radius 2 is 2.05 bits per heavy atom. The van der Waals surface area contributed by atoms with E-state index in [1.165, 1.54) is 32.2 Å². The first-order valence-corrected chi connectivity index (χ1v) is 7.90. The zero-order chi connectivity index (χ0) is 13.5. The summed E-state index contributed by atoms with van der Waals surface area (Å²) in [7, 11) is 0. The minimum Gasteiger partial charge on any atom is -0.337 e. The maximum Gasteiger partial charge on any atom is 0.224 e. The number of hydrogen-bond donors (Lipinski definition) is 1. The van der Waals surface area contributed by atoms with Gasteiger partial charge in [-0.05, 0) is 45.6 Å². The molecule has 0 spiro atoms. The van der Waals surface area contributed by atoms with Crippen molar-refractivity contribution in [2.45, 2.75) is 69.5 Å². The molecule has 3 rings (SSSR count). The van der Waals surface area contributed by atoms with Crippen LogP contribution in [0.3, 0.4) is 0 Å². The monoisotopic (exact) mass is 265 g/mol. The van der Waals surface area contributed by atoms with Gasteiger partial charge >= 0.3 is 0 Å². The van der Waals surface area contributed by atoms with E-state index >= 15 is 0 Å². The molecule has 0 bridgehead atoms. The van der Waals surface area contributed by atoms with Crippen molar-refractivity contribution in [2.24, 2.45) is 5.73 Å². The van der Waals surface area contributed by atoms with E-state index in [2.05, 4.69) is 16.7 Å². The standard InChI is InChI=1S/C15H27N3O/c1-12-10-17-8-3-2-5-13(17)11-18(12)14(19)9-15(16)6-4-7-15/h12-13H,2-11,16H2,1H3. The Hall–Kier alpha value is -0.610. The molecule has 108 valence electrons. The zero-order valence-corrected chi connectivity index (χ0v) is 12.1. The third kappa shape index (κ3) is 2.65. The summed E-state index contributed by atoms with van der Waals surface area (Å²) in [6, 6.07) is 0.953. The fourth-order valence-electron chi connectivity index (χ4n) is 3.91. The highest BCUT2D eigenvalue weighted by Crippen LogP contribution is 2.33. The second kappa shape index (κ2) is 5.06. The predicted molar refractivity (Wildman–Crippen MR) is 75.8 cm³/mol. The smallest absolute Gasteiger partial charge is 0.224 e. The molecule has 4 nitrogen and oxygen atoms in total. The molecule has 1 saturated carbocycles. The number of carbonyl (C=O) groups is 1. The first kappa shape index (κ1) is 13.4. The van der Waals surface area contributed by atoms with Gasteiger partial charge in [-0.25, -0.2) is 0 Å². The summed E-state index contributed by atoms with van der Waals surface area (Å²) in [6.45, 7) is 5.38. The number of hydrogen-bond acceptors (Lipinski definition) is 3. The topological polar surface area (TPSA) is 49.6 Å². The van der Waals surface area contributed by atoms with Crippen LogP contribution in [0.15, 0.2) is 0 Å². The molecule has 4 heteroatoms. The lowest BCUT2D eigenvalue weighted by Gasteiger charge is -2.48. The van der Waals surface area contributed by atoms with Crippen molar-refractivity contribution in [2.75, 3.05) is 19.6 Å². The van der Waals surface area contributed by atoms with Gasteiger partial charge in [-0.3, -0.25) is 9.69 Å². The molecule has 2 N–H and O–H groups in total. The van der Waals surface area contributed by atoms with Crippen LogP contribution in [0.2, 0.25) is 0 Å². The summed E-state index contributed by atoms with van der Waals surface area (Å²) in [5.41, 5.74) is 6.05. The number of rotatable bonds is 2. The van der Waals surface area contributed by atoms with Crippen molar-refractivity contribution in [3.05, 3.63) is 0 Å². The molecule has 0 aromatic carbocycles. The largest absolute Gasteiger partial charge is 0.337 e. The Morgan fingerprint density at radius 1 is 1.26 bits per heavy atom. The van der Waals surface area contributed by atoms with E-state index in [0.717, 1.165) is 25.9 Å². The molecule has 2 atom stereocenters. The number of fused-ring (bicyclic) bond motifs is 1. The van der Waals surface area contributed by atoms with Crippen molar-refractivity contribution in [3.8, 4) is 0 Å². The highest BCUT2D eigenvalue weighted by Gasteiger charge is 2.40. The average Bonchev–Trinajstić information content (AvgIpc) is 2.36. The van der Waals surface area contributed by atoms with Crippen LogP contribution in [0.5, 0.6) is 0 Å². The van der Waals surface area contributed by atoms with Gasteiger partial charge in [-0.1, -0.05) is 6.42 Å². The van der Waals surface area contributed by atoms with Gasteiger partial charge in [0.15, 0.2) is 0 Å². The van der Waals surface area contributed by atoms with Gasteiger partial charge in [0.2, 0.25) is 5.91 Å². The minimum atomic E-state index is -0.180. The number of nitrogens with two attached hydrogens (primary N) is 1. The van der Waals surface area contributed by atoms with Gasteiger partial charge < -0.3 is 10.6 Å². The Labute approximate surface area is 116 Å². The fraction of sp³-hybridized carbons (Fsp3) is 0.933. The lowest BCUT2D eigenvalue weighted by molar-refractivity contribution is -0.140. The molecule has 2 aliphatic heterocycles. The molecule has 3 fully saturated rings. The Balaban J connectivity index is 1.61. The fourth-order valence-corrected chi connectivity index (χ4v) is 3.91. The van der Waals surface area contributed by atoms with E-state index in [1.54, 1.807) is 0 Å². The van der Waals surface area contributed by atoms with Crippen LogP contribution in [0.4, 0.5) is 0 Å². The van der Waals surface area contributed by atoms with Crippen LogP contribution >= 0.6 is 0 Å². The number of piperidine rings is 1. The molecule has 0 aromatic heterocycles. The number of carbonyl (C=O) groups excluding carboxylic acids is 1. The van der Waals surface area contributed by atoms with Crippen LogP contribution in [0.25, 0.3) is 0 Å². The molecule has 1 amide bonds. The zero-order valence-electron chi connectivity index (χ0n) is 12.1. The maximum absolute atomic E-state index is 12.5. The normalized spacial score (nSPS) is 34.5. The summed E-state index contributed by atoms with van der Waals surface area (Å²) in [6.07, 6.45) is 7.69. The number of amides is 1. The van der Waals surface area contributed by atoms with Gasteiger partial charge in [0, 0.05) is 37.1 Å². The molecule has 2 unspecified atom stereocenters. The minimum absolute atomic E-state index is 0.180. The average molecular weight is 265 g/mol. The molecule has 0 aromatic rings. The van der Waals surface area contributed by atoms with Gasteiger partial charge in [-0.2, -0.15) is 0 Å². The van der Waals surface area contributed by atoms with Crippen molar-refractivity contribution >= 4 is 5.91 Å². The molecule has 1 aliphatic carbocycles. The lowest BCUT2D eigenvalue weighted by atomic mass is 9.75. The van der Waals surface area contributed by atoms with Crippen molar-refractivity contribution in [3.63, 3.8) is 0 Å². The summed E-state index contributed by atoms with van der Waals surface area (Å²) in [5, 5.41) is 0. The van der Waals surface area contributed by atoms with Crippen LogP contribution < -0.4 is 5.73 Å². The van der Waals surface area contributed by atoms with Gasteiger partial charge in [0.05, 0.1) is 0 Å². The third-order valence-corrected chi connectivity index (χ3v) is 5.36. The van der Waals surface area contributed by atoms with Crippen LogP contribution in [-0.4, -0.2) is 53.0 Å². The van der Waals surface area contributed by atoms with Crippen molar-refractivity contribution in [1.29, 1.82) is 0 Å². The van der Waals surface area contributed by atoms with Crippen molar-refractivity contribution in [1.82, 2.24) is 9.80 Å². The molecule has 2 saturated heterocycles. The summed E-state index contributed by atoms with van der Waals surface area (Å²) in [5.74, 6) is 0.292. The Morgan fingerprint density at radius 3 is 2.74 bits per heavy atom. The third-order valence-electron chi connectivity index (χ3n) is 5.36. The van der Waals surface area contributed by atoms with E-state index in [0.29, 0.717) is 24.4 Å². The molecule has 2 heterocycles. The summed E-state index contributed by atoms with van der Waals surface area (Å²) >= 11 is 0. The van der Waals surface area contributed by atoms with Gasteiger partial charge in [-0.15, -0.1) is 0 Å². The van der Waals surface area contributed by atoms with Crippen molar-refractivity contribution < 1.29 is 4.79 Å². The lowest BCUT2D eigenvalue weighted by Crippen LogP contribution is -2.61. The highest BCUT2D eigenvalue weighted by atomic mass is 16.2. The summed E-state index contributed by atoms with van der Waals surface area (Å²) < 4.78 is 0. The highest BCUT2D eigenvalue weighted by molar-refractivity contribution is 5.78. The van der Waals surface area contributed by atoms with Crippen LogP contribution in [0.1, 0.15) is 51.9 Å². The van der Waals surface area contributed by atoms with E-state index in [9.17, 15) is 4.79 Å². The van der Waals surface area contributed by atoms with E-state index in [4.69, 9.17) is 5.73 Å².